The number of H-pyrrole nitrogens is 1. The molecule has 6 heteroatoms. The van der Waals surface area contributed by atoms with Gasteiger partial charge in [-0.15, -0.1) is 0 Å². The fourth-order valence-corrected chi connectivity index (χ4v) is 4.15. The van der Waals surface area contributed by atoms with Crippen LogP contribution in [-0.2, 0) is 13.6 Å². The monoisotopic (exact) mass is 327 g/mol. The Bertz CT molecular complexity index is 733. The molecule has 0 aliphatic carbocycles. The molecule has 3 fully saturated rings. The summed E-state index contributed by atoms with van der Waals surface area (Å²) >= 11 is 0. The molecule has 2 aromatic rings. The van der Waals surface area contributed by atoms with E-state index in [1.807, 2.05) is 29.9 Å². The van der Waals surface area contributed by atoms with E-state index in [1.165, 1.54) is 6.42 Å². The number of carbonyl (C=O) groups is 1. The van der Waals surface area contributed by atoms with Gasteiger partial charge in [-0.2, -0.15) is 0 Å². The first-order valence-electron chi connectivity index (χ1n) is 8.75. The second-order valence-corrected chi connectivity index (χ2v) is 7.23. The Kier molecular flexibility index (Phi) is 3.92. The van der Waals surface area contributed by atoms with Gasteiger partial charge < -0.3 is 14.5 Å². The molecule has 24 heavy (non-hydrogen) atoms. The number of rotatable bonds is 3. The van der Waals surface area contributed by atoms with Gasteiger partial charge in [0.1, 0.15) is 5.69 Å². The van der Waals surface area contributed by atoms with Gasteiger partial charge in [-0.25, -0.2) is 4.98 Å². The van der Waals surface area contributed by atoms with Crippen molar-refractivity contribution in [3.63, 3.8) is 0 Å². The summed E-state index contributed by atoms with van der Waals surface area (Å²) in [6.45, 7) is 5.82. The number of nitrogens with zero attached hydrogens (tertiary/aromatic N) is 4. The molecule has 0 spiro atoms. The molecule has 0 unspecified atom stereocenters. The van der Waals surface area contributed by atoms with Crippen molar-refractivity contribution in [2.75, 3.05) is 19.6 Å². The quantitative estimate of drug-likeness (QED) is 0.935. The van der Waals surface area contributed by atoms with E-state index in [0.29, 0.717) is 12.0 Å². The summed E-state index contributed by atoms with van der Waals surface area (Å²) in [5.41, 5.74) is 3.05. The molecule has 5 rings (SSSR count). The molecule has 5 heterocycles. The predicted octanol–water partition coefficient (Wildman–Crippen LogP) is 1.79. The van der Waals surface area contributed by atoms with E-state index in [0.717, 1.165) is 49.7 Å². The highest BCUT2D eigenvalue weighted by Gasteiger charge is 2.38. The number of amides is 1. The van der Waals surface area contributed by atoms with Crippen LogP contribution in [0.1, 0.15) is 34.7 Å². The second-order valence-electron chi connectivity index (χ2n) is 7.23. The van der Waals surface area contributed by atoms with E-state index in [9.17, 15) is 4.79 Å². The van der Waals surface area contributed by atoms with Gasteiger partial charge in [0.25, 0.3) is 5.91 Å². The largest absolute Gasteiger partial charge is 0.348 e. The SMILES string of the molecule is Cc1[nH]cnc1CN1C[C@H]2CC[C@@H](C1)N(C(=O)c1cccn1C)C2. The average Bonchev–Trinajstić information content (AvgIpc) is 3.05. The molecule has 2 aromatic heterocycles. The molecule has 0 radical (unpaired) electrons. The number of aromatic amines is 1. The zero-order valence-corrected chi connectivity index (χ0v) is 14.4. The van der Waals surface area contributed by atoms with Crippen LogP contribution >= 0.6 is 0 Å². The minimum atomic E-state index is 0.176. The van der Waals surface area contributed by atoms with Crippen LogP contribution in [-0.4, -0.2) is 55.9 Å². The molecule has 2 atom stereocenters. The first-order chi connectivity index (χ1) is 11.6. The van der Waals surface area contributed by atoms with Crippen molar-refractivity contribution in [3.8, 4) is 0 Å². The Balaban J connectivity index is 1.51. The molecule has 3 saturated heterocycles. The minimum absolute atomic E-state index is 0.176. The fraction of sp³-hybridized carbons (Fsp3) is 0.556. The second kappa shape index (κ2) is 6.09. The van der Waals surface area contributed by atoms with Crippen molar-refractivity contribution in [1.29, 1.82) is 0 Å². The maximum atomic E-state index is 13.0. The summed E-state index contributed by atoms with van der Waals surface area (Å²) in [6.07, 6.45) is 6.03. The predicted molar refractivity (Wildman–Crippen MR) is 91.6 cm³/mol. The minimum Gasteiger partial charge on any atom is -0.348 e. The van der Waals surface area contributed by atoms with E-state index in [1.54, 1.807) is 6.33 Å². The van der Waals surface area contributed by atoms with Crippen molar-refractivity contribution in [1.82, 2.24) is 24.3 Å². The zero-order chi connectivity index (χ0) is 16.7. The lowest BCUT2D eigenvalue weighted by molar-refractivity contribution is 0.0575. The van der Waals surface area contributed by atoms with Crippen molar-refractivity contribution < 1.29 is 4.79 Å². The molecule has 2 bridgehead atoms. The summed E-state index contributed by atoms with van der Waals surface area (Å²) in [5.74, 6) is 0.738. The highest BCUT2D eigenvalue weighted by Crippen LogP contribution is 2.30. The zero-order valence-electron chi connectivity index (χ0n) is 14.4. The van der Waals surface area contributed by atoms with Crippen molar-refractivity contribution >= 4 is 5.91 Å². The van der Waals surface area contributed by atoms with Gasteiger partial charge >= 0.3 is 0 Å². The van der Waals surface area contributed by atoms with Crippen LogP contribution in [0.3, 0.4) is 0 Å². The van der Waals surface area contributed by atoms with Crippen LogP contribution in [0.4, 0.5) is 0 Å². The lowest BCUT2D eigenvalue weighted by Gasteiger charge is -2.36. The number of piperidine rings is 1. The number of fused-ring (bicyclic) bond motifs is 4. The van der Waals surface area contributed by atoms with Crippen LogP contribution in [0.25, 0.3) is 0 Å². The summed E-state index contributed by atoms with van der Waals surface area (Å²) in [7, 11) is 1.94. The third-order valence-electron chi connectivity index (χ3n) is 5.52. The molecule has 1 amide bonds. The normalized spacial score (nSPS) is 24.3. The maximum Gasteiger partial charge on any atom is 0.270 e. The smallest absolute Gasteiger partial charge is 0.270 e. The standard InChI is InChI=1S/C18H25N5O/c1-13-16(20-12-19-13)11-22-8-14-5-6-15(10-22)23(9-14)18(24)17-4-3-7-21(17)2/h3-4,7,12,14-15H,5-6,8-11H2,1-2H3,(H,19,20)/t14-,15+/m1/s1. The molecule has 3 aliphatic heterocycles. The first kappa shape index (κ1) is 15.4. The van der Waals surface area contributed by atoms with E-state index in [2.05, 4.69) is 26.7 Å². The number of aryl methyl sites for hydroxylation is 2. The summed E-state index contributed by atoms with van der Waals surface area (Å²) in [5, 5.41) is 0. The maximum absolute atomic E-state index is 13.0. The van der Waals surface area contributed by atoms with Gasteiger partial charge in [-0.1, -0.05) is 0 Å². The van der Waals surface area contributed by atoms with Gasteiger partial charge in [0.2, 0.25) is 0 Å². The van der Waals surface area contributed by atoms with Crippen LogP contribution < -0.4 is 0 Å². The van der Waals surface area contributed by atoms with Gasteiger partial charge in [0.05, 0.1) is 12.0 Å². The van der Waals surface area contributed by atoms with Crippen LogP contribution in [0.2, 0.25) is 0 Å². The molecule has 3 aliphatic rings. The molecule has 128 valence electrons. The number of nitrogens with one attached hydrogen (secondary N) is 1. The van der Waals surface area contributed by atoms with Crippen LogP contribution in [0, 0.1) is 12.8 Å². The van der Waals surface area contributed by atoms with Crippen molar-refractivity contribution in [3.05, 3.63) is 41.7 Å². The Morgan fingerprint density at radius 3 is 2.92 bits per heavy atom. The van der Waals surface area contributed by atoms with Gasteiger partial charge in [-0.3, -0.25) is 9.69 Å². The highest BCUT2D eigenvalue weighted by molar-refractivity contribution is 5.93. The van der Waals surface area contributed by atoms with Crippen molar-refractivity contribution in [2.24, 2.45) is 13.0 Å². The average molecular weight is 327 g/mol. The third kappa shape index (κ3) is 2.75. The number of imidazole rings is 1. The number of hydrogen-bond donors (Lipinski definition) is 1. The molecule has 1 N–H and O–H groups in total. The Hall–Kier alpha value is -2.08. The lowest BCUT2D eigenvalue weighted by Crippen LogP contribution is -2.47. The first-order valence-corrected chi connectivity index (χ1v) is 8.75. The number of carbonyl (C=O) groups excluding carboxylic acids is 1. The van der Waals surface area contributed by atoms with E-state index < -0.39 is 0 Å². The van der Waals surface area contributed by atoms with E-state index >= 15 is 0 Å². The number of hydrogen-bond acceptors (Lipinski definition) is 3. The number of aromatic nitrogens is 3. The Morgan fingerprint density at radius 2 is 2.21 bits per heavy atom. The molecular weight excluding hydrogens is 302 g/mol. The topological polar surface area (TPSA) is 57.2 Å². The van der Waals surface area contributed by atoms with Gasteiger partial charge in [-0.05, 0) is 37.8 Å². The molecular formula is C18H25N5O. The molecule has 0 aromatic carbocycles. The lowest BCUT2D eigenvalue weighted by atomic mass is 9.94. The molecule has 0 saturated carbocycles. The van der Waals surface area contributed by atoms with Crippen LogP contribution in [0.5, 0.6) is 0 Å². The third-order valence-corrected chi connectivity index (χ3v) is 5.52. The van der Waals surface area contributed by atoms with E-state index in [-0.39, 0.29) is 5.91 Å². The van der Waals surface area contributed by atoms with Crippen molar-refractivity contribution in [2.45, 2.75) is 32.4 Å². The Morgan fingerprint density at radius 1 is 1.33 bits per heavy atom. The summed E-state index contributed by atoms with van der Waals surface area (Å²) in [4.78, 5) is 25.2. The molecule has 6 nitrogen and oxygen atoms in total. The highest BCUT2D eigenvalue weighted by atomic mass is 16.2. The summed E-state index contributed by atoms with van der Waals surface area (Å²) in [6, 6.07) is 4.17. The van der Waals surface area contributed by atoms with E-state index in [4.69, 9.17) is 0 Å². The van der Waals surface area contributed by atoms with Crippen LogP contribution in [0.15, 0.2) is 24.7 Å². The Labute approximate surface area is 142 Å². The van der Waals surface area contributed by atoms with Gasteiger partial charge in [0, 0.05) is 51.2 Å². The fourth-order valence-electron chi connectivity index (χ4n) is 4.15. The summed E-state index contributed by atoms with van der Waals surface area (Å²) < 4.78 is 1.92. The van der Waals surface area contributed by atoms with Gasteiger partial charge in [0.15, 0.2) is 0 Å².